The normalized spacial score (nSPS) is 19.1. The van der Waals surface area contributed by atoms with Gasteiger partial charge in [-0.25, -0.2) is 4.98 Å². The van der Waals surface area contributed by atoms with Crippen LogP contribution in [-0.2, 0) is 4.74 Å². The number of nitrogens with zero attached hydrogens (tertiary/aromatic N) is 3. The average Bonchev–Trinajstić information content (AvgIpc) is 3.47. The van der Waals surface area contributed by atoms with Crippen LogP contribution in [0.1, 0.15) is 32.6 Å². The second-order valence-corrected chi connectivity index (χ2v) is 6.87. The molecule has 0 bridgehead atoms. The van der Waals surface area contributed by atoms with Crippen LogP contribution in [0.4, 0.5) is 5.82 Å². The first-order valence-corrected chi connectivity index (χ1v) is 9.63. The van der Waals surface area contributed by atoms with E-state index >= 15 is 0 Å². The Morgan fingerprint density at radius 3 is 2.80 bits per heavy atom. The van der Waals surface area contributed by atoms with E-state index in [4.69, 9.17) is 4.74 Å². The van der Waals surface area contributed by atoms with Crippen LogP contribution in [0.25, 0.3) is 0 Å². The van der Waals surface area contributed by atoms with Crippen molar-refractivity contribution in [2.24, 2.45) is 10.9 Å². The molecular formula is C19H31N5O. The first kappa shape index (κ1) is 18.0. The van der Waals surface area contributed by atoms with Crippen LogP contribution in [0.5, 0.6) is 0 Å². The molecule has 6 heteroatoms. The third-order valence-electron chi connectivity index (χ3n) is 4.71. The molecule has 0 atom stereocenters. The first-order valence-electron chi connectivity index (χ1n) is 9.63. The lowest BCUT2D eigenvalue weighted by Gasteiger charge is -2.33. The van der Waals surface area contributed by atoms with Crippen LogP contribution < -0.4 is 15.5 Å². The van der Waals surface area contributed by atoms with Gasteiger partial charge >= 0.3 is 0 Å². The van der Waals surface area contributed by atoms with Crippen LogP contribution in [-0.4, -0.2) is 56.4 Å². The summed E-state index contributed by atoms with van der Waals surface area (Å²) in [6.07, 6.45) is 6.73. The molecule has 0 unspecified atom stereocenters. The number of aliphatic imine (C=N–C) groups is 1. The van der Waals surface area contributed by atoms with E-state index in [0.717, 1.165) is 63.3 Å². The molecule has 25 heavy (non-hydrogen) atoms. The second-order valence-electron chi connectivity index (χ2n) is 6.87. The molecule has 6 nitrogen and oxygen atoms in total. The van der Waals surface area contributed by atoms with Crippen LogP contribution in [0.15, 0.2) is 29.4 Å². The quantitative estimate of drug-likeness (QED) is 0.429. The van der Waals surface area contributed by atoms with Gasteiger partial charge in [-0.2, -0.15) is 0 Å². The van der Waals surface area contributed by atoms with Gasteiger partial charge in [0.05, 0.1) is 13.2 Å². The maximum atomic E-state index is 5.66. The molecule has 1 aromatic rings. The maximum absolute atomic E-state index is 5.66. The molecule has 0 spiro atoms. The number of pyridine rings is 1. The van der Waals surface area contributed by atoms with E-state index in [1.165, 1.54) is 12.8 Å². The summed E-state index contributed by atoms with van der Waals surface area (Å²) in [5.74, 6) is 2.81. The lowest BCUT2D eigenvalue weighted by atomic mass is 10.1. The molecule has 2 heterocycles. The Hall–Kier alpha value is -1.82. The highest BCUT2D eigenvalue weighted by Gasteiger charge is 2.21. The van der Waals surface area contributed by atoms with Gasteiger partial charge in [-0.1, -0.05) is 6.07 Å². The standard InChI is InChI=1S/C19H31N5O/c1-2-20-19(22-11-14-25-15-16-6-7-16)23-17-8-12-24(13-9-17)18-5-3-4-10-21-18/h3-5,10,16-17H,2,6-9,11-15H2,1H3,(H2,20,22,23). The van der Waals surface area contributed by atoms with Crippen molar-refractivity contribution in [3.05, 3.63) is 24.4 Å². The van der Waals surface area contributed by atoms with Gasteiger partial charge in [0.25, 0.3) is 0 Å². The van der Waals surface area contributed by atoms with Crippen molar-refractivity contribution >= 4 is 11.8 Å². The molecule has 0 radical (unpaired) electrons. The molecular weight excluding hydrogens is 314 g/mol. The SMILES string of the molecule is CCNC(=NCCOCC1CC1)NC1CCN(c2ccccn2)CC1. The fourth-order valence-corrected chi connectivity index (χ4v) is 3.06. The zero-order valence-corrected chi connectivity index (χ0v) is 15.3. The summed E-state index contributed by atoms with van der Waals surface area (Å²) in [5, 5.41) is 6.92. The molecule has 1 aliphatic heterocycles. The van der Waals surface area contributed by atoms with Crippen molar-refractivity contribution in [1.29, 1.82) is 0 Å². The Kier molecular flexibility index (Phi) is 6.91. The van der Waals surface area contributed by atoms with E-state index < -0.39 is 0 Å². The number of ether oxygens (including phenoxy) is 1. The predicted molar refractivity (Wildman–Crippen MR) is 102 cm³/mol. The fraction of sp³-hybridized carbons (Fsp3) is 0.684. The Morgan fingerprint density at radius 1 is 1.28 bits per heavy atom. The molecule has 1 saturated heterocycles. The topological polar surface area (TPSA) is 61.8 Å². The van der Waals surface area contributed by atoms with Gasteiger partial charge in [0.15, 0.2) is 5.96 Å². The van der Waals surface area contributed by atoms with E-state index in [1.807, 2.05) is 18.3 Å². The molecule has 2 fully saturated rings. The summed E-state index contributed by atoms with van der Waals surface area (Å²) in [6.45, 7) is 7.37. The van der Waals surface area contributed by atoms with E-state index in [-0.39, 0.29) is 0 Å². The molecule has 1 saturated carbocycles. The number of anilines is 1. The van der Waals surface area contributed by atoms with Crippen LogP contribution in [0, 0.1) is 5.92 Å². The minimum absolute atomic E-state index is 0.463. The van der Waals surface area contributed by atoms with Crippen LogP contribution in [0.3, 0.4) is 0 Å². The maximum Gasteiger partial charge on any atom is 0.191 e. The van der Waals surface area contributed by atoms with Gasteiger partial charge in [-0.3, -0.25) is 4.99 Å². The molecule has 3 rings (SSSR count). The number of piperidine rings is 1. The highest BCUT2D eigenvalue weighted by molar-refractivity contribution is 5.80. The Bertz CT molecular complexity index is 524. The zero-order chi connectivity index (χ0) is 17.3. The van der Waals surface area contributed by atoms with E-state index in [1.54, 1.807) is 0 Å². The van der Waals surface area contributed by atoms with Crippen molar-refractivity contribution < 1.29 is 4.74 Å². The molecule has 0 aromatic carbocycles. The van der Waals surface area contributed by atoms with Gasteiger partial charge in [-0.05, 0) is 50.7 Å². The molecule has 1 aliphatic carbocycles. The third kappa shape index (κ3) is 6.20. The number of hydrogen-bond donors (Lipinski definition) is 2. The Balaban J connectivity index is 1.39. The molecule has 1 aromatic heterocycles. The van der Waals surface area contributed by atoms with Crippen LogP contribution in [0.2, 0.25) is 0 Å². The number of nitrogens with one attached hydrogen (secondary N) is 2. The number of rotatable bonds is 8. The lowest BCUT2D eigenvalue weighted by molar-refractivity contribution is 0.131. The summed E-state index contributed by atoms with van der Waals surface area (Å²) in [6, 6.07) is 6.56. The van der Waals surface area contributed by atoms with Gasteiger partial charge in [0, 0.05) is 38.5 Å². The van der Waals surface area contributed by atoms with Crippen LogP contribution >= 0.6 is 0 Å². The summed E-state index contributed by atoms with van der Waals surface area (Å²) in [7, 11) is 0. The molecule has 2 N–H and O–H groups in total. The fourth-order valence-electron chi connectivity index (χ4n) is 3.06. The molecule has 2 aliphatic rings. The summed E-state index contributed by atoms with van der Waals surface area (Å²) >= 11 is 0. The first-order chi connectivity index (χ1) is 12.3. The minimum atomic E-state index is 0.463. The highest BCUT2D eigenvalue weighted by Crippen LogP contribution is 2.28. The summed E-state index contributed by atoms with van der Waals surface area (Å²) < 4.78 is 5.66. The smallest absolute Gasteiger partial charge is 0.191 e. The zero-order valence-electron chi connectivity index (χ0n) is 15.3. The Labute approximate surface area is 151 Å². The molecule has 138 valence electrons. The highest BCUT2D eigenvalue weighted by atomic mass is 16.5. The predicted octanol–water partition coefficient (Wildman–Crippen LogP) is 2.03. The average molecular weight is 345 g/mol. The van der Waals surface area contributed by atoms with Crippen molar-refractivity contribution in [3.63, 3.8) is 0 Å². The molecule has 0 amide bonds. The number of guanidine groups is 1. The van der Waals surface area contributed by atoms with Gasteiger partial charge in [0.1, 0.15) is 5.82 Å². The monoisotopic (exact) mass is 345 g/mol. The number of aromatic nitrogens is 1. The van der Waals surface area contributed by atoms with Crippen molar-refractivity contribution in [1.82, 2.24) is 15.6 Å². The van der Waals surface area contributed by atoms with Crippen molar-refractivity contribution in [2.45, 2.75) is 38.6 Å². The number of hydrogen-bond acceptors (Lipinski definition) is 4. The largest absolute Gasteiger partial charge is 0.379 e. The van der Waals surface area contributed by atoms with Gasteiger partial charge < -0.3 is 20.3 Å². The minimum Gasteiger partial charge on any atom is -0.379 e. The summed E-state index contributed by atoms with van der Waals surface area (Å²) in [5.41, 5.74) is 0. The van der Waals surface area contributed by atoms with E-state index in [2.05, 4.69) is 38.5 Å². The van der Waals surface area contributed by atoms with E-state index in [0.29, 0.717) is 12.6 Å². The second kappa shape index (κ2) is 9.61. The lowest BCUT2D eigenvalue weighted by Crippen LogP contribution is -2.49. The van der Waals surface area contributed by atoms with Crippen molar-refractivity contribution in [3.8, 4) is 0 Å². The third-order valence-corrected chi connectivity index (χ3v) is 4.71. The van der Waals surface area contributed by atoms with Crippen molar-refractivity contribution in [2.75, 3.05) is 44.3 Å². The van der Waals surface area contributed by atoms with E-state index in [9.17, 15) is 0 Å². The summed E-state index contributed by atoms with van der Waals surface area (Å²) in [4.78, 5) is 11.4. The Morgan fingerprint density at radius 2 is 2.12 bits per heavy atom. The van der Waals surface area contributed by atoms with Gasteiger partial charge in [0.2, 0.25) is 0 Å². The van der Waals surface area contributed by atoms with Gasteiger partial charge in [-0.15, -0.1) is 0 Å².